The number of carbonyl (C=O) groups is 1. The maximum atomic E-state index is 11.6. The van der Waals surface area contributed by atoms with E-state index in [9.17, 15) is 4.79 Å². The number of nitriles is 1. The Balaban J connectivity index is 2.04. The zero-order valence-corrected chi connectivity index (χ0v) is 11.3. The SMILES string of the molecule is CC(C)C(C#N)NC(=O)C#Cc1ccc2c(c1)OCO2. The van der Waals surface area contributed by atoms with E-state index in [1.54, 1.807) is 18.2 Å². The number of carbonyl (C=O) groups excluding carboxylic acids is 1. The molecule has 1 amide bonds. The lowest BCUT2D eigenvalue weighted by Crippen LogP contribution is -2.36. The van der Waals surface area contributed by atoms with E-state index < -0.39 is 11.9 Å². The summed E-state index contributed by atoms with van der Waals surface area (Å²) in [6, 6.07) is 6.70. The average molecular weight is 270 g/mol. The van der Waals surface area contributed by atoms with Crippen LogP contribution in [0.15, 0.2) is 18.2 Å². The number of nitrogens with zero attached hydrogens (tertiary/aromatic N) is 1. The molecule has 1 unspecified atom stereocenters. The van der Waals surface area contributed by atoms with Crippen LogP contribution in [0.25, 0.3) is 0 Å². The number of fused-ring (bicyclic) bond motifs is 1. The normalized spacial score (nSPS) is 13.1. The second-order valence-corrected chi connectivity index (χ2v) is 4.64. The molecule has 1 heterocycles. The number of hydrogen-bond donors (Lipinski definition) is 1. The molecular formula is C15H14N2O3. The van der Waals surface area contributed by atoms with Crippen LogP contribution in [-0.4, -0.2) is 18.7 Å². The smallest absolute Gasteiger partial charge is 0.297 e. The Morgan fingerprint density at radius 2 is 2.10 bits per heavy atom. The second kappa shape index (κ2) is 5.99. The van der Waals surface area contributed by atoms with Crippen molar-refractivity contribution >= 4 is 5.91 Å². The fraction of sp³-hybridized carbons (Fsp3) is 0.333. The van der Waals surface area contributed by atoms with Crippen molar-refractivity contribution in [2.45, 2.75) is 19.9 Å². The van der Waals surface area contributed by atoms with E-state index in [0.29, 0.717) is 17.1 Å². The van der Waals surface area contributed by atoms with Gasteiger partial charge in [0.05, 0.1) is 6.07 Å². The van der Waals surface area contributed by atoms with Gasteiger partial charge in [0.15, 0.2) is 11.5 Å². The van der Waals surface area contributed by atoms with Gasteiger partial charge in [0.25, 0.3) is 5.91 Å². The van der Waals surface area contributed by atoms with Crippen LogP contribution in [0.4, 0.5) is 0 Å². The van der Waals surface area contributed by atoms with Crippen molar-refractivity contribution in [1.29, 1.82) is 5.26 Å². The molecular weight excluding hydrogens is 256 g/mol. The van der Waals surface area contributed by atoms with E-state index in [1.807, 2.05) is 19.9 Å². The third-order valence-electron chi connectivity index (χ3n) is 2.79. The molecule has 0 bridgehead atoms. The third-order valence-corrected chi connectivity index (χ3v) is 2.79. The first kappa shape index (κ1) is 13.8. The van der Waals surface area contributed by atoms with Crippen LogP contribution in [0, 0.1) is 29.1 Å². The van der Waals surface area contributed by atoms with Crippen molar-refractivity contribution in [2.24, 2.45) is 5.92 Å². The number of ether oxygens (including phenoxy) is 2. The molecule has 1 aliphatic rings. The number of rotatable bonds is 2. The quantitative estimate of drug-likeness (QED) is 0.825. The highest BCUT2D eigenvalue weighted by molar-refractivity contribution is 5.94. The first-order chi connectivity index (χ1) is 9.60. The predicted molar refractivity (Wildman–Crippen MR) is 71.8 cm³/mol. The van der Waals surface area contributed by atoms with Gasteiger partial charge in [-0.1, -0.05) is 19.8 Å². The van der Waals surface area contributed by atoms with Crippen LogP contribution in [0.1, 0.15) is 19.4 Å². The molecule has 2 rings (SSSR count). The maximum absolute atomic E-state index is 11.6. The Labute approximate surface area is 117 Å². The van der Waals surface area contributed by atoms with E-state index in [2.05, 4.69) is 17.2 Å². The lowest BCUT2D eigenvalue weighted by Gasteiger charge is -2.12. The Bertz CT molecular complexity index is 620. The summed E-state index contributed by atoms with van der Waals surface area (Å²) >= 11 is 0. The van der Waals surface area contributed by atoms with E-state index in [-0.39, 0.29) is 12.7 Å². The van der Waals surface area contributed by atoms with E-state index in [1.165, 1.54) is 0 Å². The highest BCUT2D eigenvalue weighted by atomic mass is 16.7. The minimum Gasteiger partial charge on any atom is -0.454 e. The molecule has 1 N–H and O–H groups in total. The van der Waals surface area contributed by atoms with Gasteiger partial charge in [0.2, 0.25) is 6.79 Å². The summed E-state index contributed by atoms with van der Waals surface area (Å²) in [5.41, 5.74) is 0.655. The molecule has 1 aromatic rings. The largest absolute Gasteiger partial charge is 0.454 e. The van der Waals surface area contributed by atoms with Crippen LogP contribution in [0.2, 0.25) is 0 Å². The fourth-order valence-electron chi connectivity index (χ4n) is 1.63. The second-order valence-electron chi connectivity index (χ2n) is 4.64. The van der Waals surface area contributed by atoms with Crippen LogP contribution < -0.4 is 14.8 Å². The molecule has 5 heteroatoms. The van der Waals surface area contributed by atoms with Crippen LogP contribution in [0.5, 0.6) is 11.5 Å². The van der Waals surface area contributed by atoms with Gasteiger partial charge in [-0.15, -0.1) is 0 Å². The first-order valence-electron chi connectivity index (χ1n) is 6.22. The topological polar surface area (TPSA) is 71.4 Å². The number of benzene rings is 1. The van der Waals surface area contributed by atoms with Gasteiger partial charge in [-0.05, 0) is 24.1 Å². The molecule has 1 atom stereocenters. The van der Waals surface area contributed by atoms with E-state index in [0.717, 1.165) is 0 Å². The monoisotopic (exact) mass is 270 g/mol. The van der Waals surface area contributed by atoms with Crippen molar-refractivity contribution in [2.75, 3.05) is 6.79 Å². The molecule has 0 fully saturated rings. The molecule has 1 aliphatic heterocycles. The van der Waals surface area contributed by atoms with Crippen molar-refractivity contribution in [3.05, 3.63) is 23.8 Å². The fourth-order valence-corrected chi connectivity index (χ4v) is 1.63. The summed E-state index contributed by atoms with van der Waals surface area (Å²) in [6.45, 7) is 3.92. The minimum absolute atomic E-state index is 0.0382. The molecule has 20 heavy (non-hydrogen) atoms. The Morgan fingerprint density at radius 1 is 1.35 bits per heavy atom. The Morgan fingerprint density at radius 3 is 2.80 bits per heavy atom. The molecule has 0 saturated heterocycles. The summed E-state index contributed by atoms with van der Waals surface area (Å²) in [4.78, 5) is 11.6. The number of amides is 1. The van der Waals surface area contributed by atoms with Gasteiger partial charge in [-0.25, -0.2) is 0 Å². The zero-order chi connectivity index (χ0) is 14.5. The van der Waals surface area contributed by atoms with Crippen molar-refractivity contribution in [1.82, 2.24) is 5.32 Å². The standard InChI is InChI=1S/C15H14N2O3/c1-10(2)12(8-16)17-15(18)6-4-11-3-5-13-14(7-11)20-9-19-13/h3,5,7,10,12H,9H2,1-2H3,(H,17,18). The average Bonchev–Trinajstić information content (AvgIpc) is 2.89. The van der Waals surface area contributed by atoms with Gasteiger partial charge >= 0.3 is 0 Å². The molecule has 0 radical (unpaired) electrons. The van der Waals surface area contributed by atoms with Gasteiger partial charge in [-0.2, -0.15) is 5.26 Å². The molecule has 0 spiro atoms. The number of hydrogen-bond acceptors (Lipinski definition) is 4. The highest BCUT2D eigenvalue weighted by Gasteiger charge is 2.14. The minimum atomic E-state index is -0.534. The molecule has 0 saturated carbocycles. The summed E-state index contributed by atoms with van der Waals surface area (Å²) in [5.74, 6) is 6.06. The molecule has 0 aliphatic carbocycles. The van der Waals surface area contributed by atoms with E-state index >= 15 is 0 Å². The van der Waals surface area contributed by atoms with Gasteiger partial charge in [0.1, 0.15) is 6.04 Å². The van der Waals surface area contributed by atoms with Crippen molar-refractivity contribution in [3.8, 4) is 29.4 Å². The zero-order valence-electron chi connectivity index (χ0n) is 11.3. The summed E-state index contributed by atoms with van der Waals surface area (Å²) in [6.07, 6.45) is 0. The predicted octanol–water partition coefficient (Wildman–Crippen LogP) is 1.43. The van der Waals surface area contributed by atoms with Crippen molar-refractivity contribution in [3.63, 3.8) is 0 Å². The Hall–Kier alpha value is -2.66. The summed E-state index contributed by atoms with van der Waals surface area (Å²) in [7, 11) is 0. The third kappa shape index (κ3) is 3.21. The molecule has 5 nitrogen and oxygen atoms in total. The van der Waals surface area contributed by atoms with Crippen LogP contribution >= 0.6 is 0 Å². The van der Waals surface area contributed by atoms with Gasteiger partial charge in [-0.3, -0.25) is 4.79 Å². The van der Waals surface area contributed by atoms with E-state index in [4.69, 9.17) is 14.7 Å². The maximum Gasteiger partial charge on any atom is 0.297 e. The lowest BCUT2D eigenvalue weighted by molar-refractivity contribution is -0.116. The van der Waals surface area contributed by atoms with Crippen molar-refractivity contribution < 1.29 is 14.3 Å². The molecule has 0 aromatic heterocycles. The van der Waals surface area contributed by atoms with Crippen LogP contribution in [0.3, 0.4) is 0 Å². The Kier molecular flexibility index (Phi) is 4.12. The lowest BCUT2D eigenvalue weighted by atomic mass is 10.1. The summed E-state index contributed by atoms with van der Waals surface area (Å²) in [5, 5.41) is 11.5. The highest BCUT2D eigenvalue weighted by Crippen LogP contribution is 2.32. The summed E-state index contributed by atoms with van der Waals surface area (Å²) < 4.78 is 10.4. The van der Waals surface area contributed by atoms with Gasteiger partial charge in [0, 0.05) is 11.5 Å². The van der Waals surface area contributed by atoms with Gasteiger partial charge < -0.3 is 14.8 Å². The number of nitrogens with one attached hydrogen (secondary N) is 1. The molecule has 102 valence electrons. The van der Waals surface area contributed by atoms with Crippen LogP contribution in [-0.2, 0) is 4.79 Å². The first-order valence-corrected chi connectivity index (χ1v) is 6.22. The molecule has 1 aromatic carbocycles.